The summed E-state index contributed by atoms with van der Waals surface area (Å²) in [5.74, 6) is 0. The second kappa shape index (κ2) is 7.64. The molecule has 3 rings (SSSR count). The molecule has 1 aromatic heterocycles. The highest BCUT2D eigenvalue weighted by atomic mass is 32.2. The molecule has 0 N–H and O–H groups in total. The number of pyridine rings is 1. The molecule has 0 amide bonds. The zero-order valence-electron chi connectivity index (χ0n) is 13.3. The number of piperidine rings is 1. The fourth-order valence-corrected chi connectivity index (χ4v) is 5.16. The Balaban J connectivity index is 1.77. The van der Waals surface area contributed by atoms with Gasteiger partial charge in [0, 0.05) is 23.1 Å². The van der Waals surface area contributed by atoms with E-state index in [2.05, 4.69) is 35.7 Å². The molecular weight excluding hydrogens is 276 g/mol. The number of hydrogen-bond donors (Lipinski definition) is 0. The fourth-order valence-electron chi connectivity index (χ4n) is 3.82. The Kier molecular flexibility index (Phi) is 5.59. The maximum Gasteiger partial charge on any atom is 0.101 e. The first-order valence-electron chi connectivity index (χ1n) is 8.74. The molecule has 1 saturated heterocycles. The monoisotopic (exact) mass is 304 g/mol. The molecule has 3 heteroatoms. The fraction of sp³-hybridized carbons (Fsp3) is 0.722. The van der Waals surface area contributed by atoms with Crippen LogP contribution in [-0.2, 0) is 0 Å². The third kappa shape index (κ3) is 3.81. The molecule has 1 unspecified atom stereocenters. The van der Waals surface area contributed by atoms with Crippen molar-refractivity contribution in [3.05, 3.63) is 23.9 Å². The van der Waals surface area contributed by atoms with Crippen LogP contribution in [0.15, 0.2) is 23.4 Å². The van der Waals surface area contributed by atoms with Crippen LogP contribution in [0.25, 0.3) is 0 Å². The van der Waals surface area contributed by atoms with Gasteiger partial charge >= 0.3 is 0 Å². The van der Waals surface area contributed by atoms with Crippen LogP contribution < -0.4 is 0 Å². The van der Waals surface area contributed by atoms with Crippen molar-refractivity contribution in [1.29, 1.82) is 0 Å². The molecule has 1 aliphatic heterocycles. The zero-order valence-corrected chi connectivity index (χ0v) is 14.1. The summed E-state index contributed by atoms with van der Waals surface area (Å²) in [6.07, 6.45) is 13.0. The number of likely N-dealkylation sites (tertiary alicyclic amines) is 1. The lowest BCUT2D eigenvalue weighted by atomic mass is 9.96. The van der Waals surface area contributed by atoms with Crippen molar-refractivity contribution >= 4 is 11.8 Å². The van der Waals surface area contributed by atoms with Crippen molar-refractivity contribution in [1.82, 2.24) is 9.88 Å². The Hall–Kier alpha value is -0.540. The van der Waals surface area contributed by atoms with Gasteiger partial charge < -0.3 is 0 Å². The molecule has 2 aliphatic rings. The van der Waals surface area contributed by atoms with Crippen LogP contribution in [0.4, 0.5) is 0 Å². The van der Waals surface area contributed by atoms with Crippen LogP contribution in [0.2, 0.25) is 0 Å². The number of hydrogen-bond acceptors (Lipinski definition) is 3. The molecular formula is C18H28N2S. The average Bonchev–Trinajstić information content (AvgIpc) is 2.56. The molecule has 0 radical (unpaired) electrons. The summed E-state index contributed by atoms with van der Waals surface area (Å²) in [7, 11) is 0. The minimum atomic E-state index is 0.601. The molecule has 116 valence electrons. The topological polar surface area (TPSA) is 16.1 Å². The van der Waals surface area contributed by atoms with Crippen LogP contribution in [0, 0.1) is 0 Å². The van der Waals surface area contributed by atoms with Gasteiger partial charge in [0.1, 0.15) is 5.03 Å². The van der Waals surface area contributed by atoms with Crippen molar-refractivity contribution in [3.8, 4) is 0 Å². The van der Waals surface area contributed by atoms with E-state index in [-0.39, 0.29) is 0 Å². The zero-order chi connectivity index (χ0) is 14.5. The van der Waals surface area contributed by atoms with Crippen LogP contribution in [0.5, 0.6) is 0 Å². The Bertz CT molecular complexity index is 443. The van der Waals surface area contributed by atoms with E-state index in [1.807, 2.05) is 6.20 Å². The number of rotatable bonds is 4. The van der Waals surface area contributed by atoms with E-state index in [1.54, 1.807) is 0 Å². The summed E-state index contributed by atoms with van der Waals surface area (Å²) < 4.78 is 0. The van der Waals surface area contributed by atoms with Gasteiger partial charge in [-0.1, -0.05) is 38.7 Å². The van der Waals surface area contributed by atoms with E-state index in [0.29, 0.717) is 6.04 Å². The molecule has 2 heterocycles. The molecule has 0 aromatic carbocycles. The largest absolute Gasteiger partial charge is 0.297 e. The van der Waals surface area contributed by atoms with Crippen LogP contribution >= 0.6 is 11.8 Å². The van der Waals surface area contributed by atoms with Gasteiger partial charge in [-0.2, -0.15) is 0 Å². The van der Waals surface area contributed by atoms with E-state index in [4.69, 9.17) is 4.98 Å². The van der Waals surface area contributed by atoms with E-state index < -0.39 is 0 Å². The first-order chi connectivity index (χ1) is 10.4. The molecule has 1 aliphatic carbocycles. The van der Waals surface area contributed by atoms with E-state index in [0.717, 1.165) is 11.8 Å². The molecule has 2 fully saturated rings. The second-order valence-electron chi connectivity index (χ2n) is 6.42. The van der Waals surface area contributed by atoms with Gasteiger partial charge in [0.05, 0.1) is 0 Å². The first kappa shape index (κ1) is 15.4. The lowest BCUT2D eigenvalue weighted by molar-refractivity contribution is 0.154. The Morgan fingerprint density at radius 1 is 1.14 bits per heavy atom. The van der Waals surface area contributed by atoms with E-state index in [1.165, 1.54) is 68.5 Å². The second-order valence-corrected chi connectivity index (χ2v) is 7.70. The molecule has 1 aromatic rings. The first-order valence-corrected chi connectivity index (χ1v) is 9.62. The average molecular weight is 305 g/mol. The Labute approximate surface area is 133 Å². The number of aromatic nitrogens is 1. The minimum absolute atomic E-state index is 0.601. The van der Waals surface area contributed by atoms with Crippen molar-refractivity contribution in [3.63, 3.8) is 0 Å². The highest BCUT2D eigenvalue weighted by molar-refractivity contribution is 7.99. The molecule has 0 spiro atoms. The van der Waals surface area contributed by atoms with Crippen molar-refractivity contribution < 1.29 is 0 Å². The highest BCUT2D eigenvalue weighted by Gasteiger charge is 2.26. The maximum atomic E-state index is 4.75. The Morgan fingerprint density at radius 3 is 2.76 bits per heavy atom. The van der Waals surface area contributed by atoms with Crippen LogP contribution in [-0.4, -0.2) is 28.2 Å². The standard InChI is InChI=1S/C18H28N2S/c1-2-20-14-7-6-12-17(20)16-11-8-13-19-18(16)21-15-9-4-3-5-10-15/h8,11,13,15,17H,2-7,9-10,12,14H2,1H3. The summed E-state index contributed by atoms with van der Waals surface area (Å²) in [6, 6.07) is 5.06. The van der Waals surface area contributed by atoms with Gasteiger partial charge in [0.15, 0.2) is 0 Å². The summed E-state index contributed by atoms with van der Waals surface area (Å²) >= 11 is 2.06. The predicted molar refractivity (Wildman–Crippen MR) is 90.8 cm³/mol. The quantitative estimate of drug-likeness (QED) is 0.774. The van der Waals surface area contributed by atoms with E-state index in [9.17, 15) is 0 Å². The third-order valence-electron chi connectivity index (χ3n) is 5.01. The lowest BCUT2D eigenvalue weighted by Gasteiger charge is -2.36. The van der Waals surface area contributed by atoms with Crippen molar-refractivity contribution in [2.45, 2.75) is 74.6 Å². The van der Waals surface area contributed by atoms with Gasteiger partial charge in [-0.3, -0.25) is 4.90 Å². The molecule has 2 nitrogen and oxygen atoms in total. The van der Waals surface area contributed by atoms with Crippen LogP contribution in [0.3, 0.4) is 0 Å². The van der Waals surface area contributed by atoms with Crippen LogP contribution in [0.1, 0.15) is 69.9 Å². The minimum Gasteiger partial charge on any atom is -0.297 e. The summed E-state index contributed by atoms with van der Waals surface area (Å²) in [4.78, 5) is 7.40. The van der Waals surface area contributed by atoms with Gasteiger partial charge in [-0.05, 0) is 44.8 Å². The normalized spacial score (nSPS) is 25.1. The van der Waals surface area contributed by atoms with Gasteiger partial charge in [0.2, 0.25) is 0 Å². The predicted octanol–water partition coefficient (Wildman–Crippen LogP) is 5.05. The summed E-state index contributed by atoms with van der Waals surface area (Å²) in [5, 5.41) is 2.11. The van der Waals surface area contributed by atoms with Gasteiger partial charge in [-0.25, -0.2) is 4.98 Å². The number of nitrogens with zero attached hydrogens (tertiary/aromatic N) is 2. The Morgan fingerprint density at radius 2 is 1.95 bits per heavy atom. The molecule has 1 atom stereocenters. The lowest BCUT2D eigenvalue weighted by Crippen LogP contribution is -2.33. The maximum absolute atomic E-state index is 4.75. The SMILES string of the molecule is CCN1CCCCC1c1cccnc1SC1CCCCC1. The molecule has 21 heavy (non-hydrogen) atoms. The smallest absolute Gasteiger partial charge is 0.101 e. The van der Waals surface area contributed by atoms with Gasteiger partial charge in [0.25, 0.3) is 0 Å². The molecule has 1 saturated carbocycles. The van der Waals surface area contributed by atoms with Gasteiger partial charge in [-0.15, -0.1) is 11.8 Å². The summed E-state index contributed by atoms with van der Waals surface area (Å²) in [5.41, 5.74) is 1.50. The summed E-state index contributed by atoms with van der Waals surface area (Å²) in [6.45, 7) is 4.71. The van der Waals surface area contributed by atoms with Crippen molar-refractivity contribution in [2.75, 3.05) is 13.1 Å². The highest BCUT2D eigenvalue weighted by Crippen LogP contribution is 2.39. The number of thioether (sulfide) groups is 1. The van der Waals surface area contributed by atoms with Crippen molar-refractivity contribution in [2.24, 2.45) is 0 Å². The third-order valence-corrected chi connectivity index (χ3v) is 6.38. The van der Waals surface area contributed by atoms with E-state index >= 15 is 0 Å². The molecule has 0 bridgehead atoms.